The summed E-state index contributed by atoms with van der Waals surface area (Å²) in [6, 6.07) is -0.803. The van der Waals surface area contributed by atoms with E-state index in [9.17, 15) is 14.4 Å². The molecule has 1 rings (SSSR count). The number of ether oxygens (including phenoxy) is 2. The molecule has 0 radical (unpaired) electrons. The zero-order valence-corrected chi connectivity index (χ0v) is 14.3. The maximum absolute atomic E-state index is 12.7. The third kappa shape index (κ3) is 5.96. The van der Waals surface area contributed by atoms with Crippen LogP contribution in [0.3, 0.4) is 0 Å². The van der Waals surface area contributed by atoms with Gasteiger partial charge < -0.3 is 24.8 Å². The normalized spacial score (nSPS) is 19.4. The largest absolute Gasteiger partial charge is 0.507 e. The zero-order valence-electron chi connectivity index (χ0n) is 14.3. The summed E-state index contributed by atoms with van der Waals surface area (Å²) in [7, 11) is 0. The lowest BCUT2D eigenvalue weighted by molar-refractivity contribution is -0.142. The Bertz CT molecular complexity index is 457. The Balaban J connectivity index is 2.78. The lowest BCUT2D eigenvalue weighted by Crippen LogP contribution is -2.53. The molecule has 2 amide bonds. The molecular formula is C15H26N2O6. The Labute approximate surface area is 136 Å². The molecule has 0 aromatic rings. The van der Waals surface area contributed by atoms with E-state index in [0.29, 0.717) is 19.4 Å². The van der Waals surface area contributed by atoms with Crippen LogP contribution >= 0.6 is 0 Å². The van der Waals surface area contributed by atoms with Crippen molar-refractivity contribution >= 4 is 18.2 Å². The topological polar surface area (TPSA) is 105 Å². The molecule has 1 aliphatic rings. The summed E-state index contributed by atoms with van der Waals surface area (Å²) in [6.07, 6.45) is -1.80. The second-order valence-electron chi connectivity index (χ2n) is 6.88. The molecule has 0 aromatic heterocycles. The molecule has 1 saturated heterocycles. The van der Waals surface area contributed by atoms with Gasteiger partial charge in [-0.2, -0.15) is 0 Å². The van der Waals surface area contributed by atoms with Crippen molar-refractivity contribution in [3.63, 3.8) is 0 Å². The minimum absolute atomic E-state index is 0.180. The van der Waals surface area contributed by atoms with Crippen LogP contribution in [0.2, 0.25) is 0 Å². The van der Waals surface area contributed by atoms with Crippen molar-refractivity contribution in [3.05, 3.63) is 0 Å². The molecule has 8 heteroatoms. The summed E-state index contributed by atoms with van der Waals surface area (Å²) >= 11 is 0. The van der Waals surface area contributed by atoms with Crippen molar-refractivity contribution in [2.75, 3.05) is 6.54 Å². The highest BCUT2D eigenvalue weighted by molar-refractivity contribution is 5.86. The lowest BCUT2D eigenvalue weighted by atomic mass is 10.0. The van der Waals surface area contributed by atoms with E-state index in [0.717, 1.165) is 0 Å². The maximum atomic E-state index is 12.7. The number of nitrogens with one attached hydrogen (secondary N) is 1. The molecule has 8 nitrogen and oxygen atoms in total. The van der Waals surface area contributed by atoms with Gasteiger partial charge >= 0.3 is 12.2 Å². The highest BCUT2D eigenvalue weighted by Crippen LogP contribution is 2.21. The average Bonchev–Trinajstić information content (AvgIpc) is 2.79. The molecule has 1 aliphatic heterocycles. The Hall–Kier alpha value is -1.99. The predicted molar refractivity (Wildman–Crippen MR) is 81.8 cm³/mol. The molecular weight excluding hydrogens is 304 g/mol. The van der Waals surface area contributed by atoms with E-state index in [1.807, 2.05) is 0 Å². The van der Waals surface area contributed by atoms with Crippen molar-refractivity contribution in [1.29, 1.82) is 0 Å². The van der Waals surface area contributed by atoms with Crippen LogP contribution < -0.4 is 5.32 Å². The monoisotopic (exact) mass is 330 g/mol. The van der Waals surface area contributed by atoms with Crippen LogP contribution in [0.1, 0.15) is 47.5 Å². The molecule has 0 aliphatic carbocycles. The van der Waals surface area contributed by atoms with Crippen LogP contribution in [0.4, 0.5) is 9.59 Å². The molecule has 2 N–H and O–H groups in total. The number of hydrogen-bond donors (Lipinski definition) is 2. The summed E-state index contributed by atoms with van der Waals surface area (Å²) in [5.74, 6) is -0.546. The van der Waals surface area contributed by atoms with E-state index >= 15 is 0 Å². The fraction of sp³-hybridized carbons (Fsp3) is 0.800. The first-order chi connectivity index (χ1) is 10.5. The van der Waals surface area contributed by atoms with Gasteiger partial charge in [0.15, 0.2) is 6.23 Å². The summed E-state index contributed by atoms with van der Waals surface area (Å²) in [6.45, 7) is 9.18. The first-order valence-corrected chi connectivity index (χ1v) is 7.71. The number of carbonyl (C=O) groups excluding carboxylic acids is 2. The van der Waals surface area contributed by atoms with E-state index in [2.05, 4.69) is 5.32 Å². The van der Waals surface area contributed by atoms with Gasteiger partial charge in [-0.15, -0.1) is 0 Å². The van der Waals surface area contributed by atoms with E-state index in [-0.39, 0.29) is 11.8 Å². The maximum Gasteiger partial charge on any atom is 0.507 e. The fourth-order valence-corrected chi connectivity index (χ4v) is 2.35. The smallest absolute Gasteiger partial charge is 0.450 e. The Morgan fingerprint density at radius 2 is 1.87 bits per heavy atom. The standard InChI is InChI=1S/C15H26N2O6/c1-9(2)11(16-13(19)23-15(3,4)5)12(18)17-8-6-7-10(17)22-14(20)21/h9-11H,6-8H2,1-5H3,(H,16,19)(H,20,21). The zero-order chi connectivity index (χ0) is 17.8. The highest BCUT2D eigenvalue weighted by atomic mass is 16.7. The first kappa shape index (κ1) is 19.1. The molecule has 1 fully saturated rings. The molecule has 23 heavy (non-hydrogen) atoms. The second-order valence-corrected chi connectivity index (χ2v) is 6.88. The van der Waals surface area contributed by atoms with Crippen molar-refractivity contribution < 1.29 is 29.0 Å². The molecule has 0 aromatic carbocycles. The molecule has 0 saturated carbocycles. The second kappa shape index (κ2) is 7.52. The van der Waals surface area contributed by atoms with Gasteiger partial charge in [0, 0.05) is 13.0 Å². The van der Waals surface area contributed by atoms with Crippen LogP contribution in [0.25, 0.3) is 0 Å². The van der Waals surface area contributed by atoms with Crippen LogP contribution in [0, 0.1) is 5.92 Å². The number of likely N-dealkylation sites (tertiary alicyclic amines) is 1. The number of carbonyl (C=O) groups is 3. The number of carboxylic acid groups (broad SMARTS) is 1. The van der Waals surface area contributed by atoms with Crippen LogP contribution in [0.5, 0.6) is 0 Å². The number of hydrogen-bond acceptors (Lipinski definition) is 5. The molecule has 2 atom stereocenters. The Kier molecular flexibility index (Phi) is 6.23. The van der Waals surface area contributed by atoms with E-state index < -0.39 is 30.1 Å². The molecule has 0 spiro atoms. The van der Waals surface area contributed by atoms with Crippen LogP contribution in [-0.4, -0.2) is 52.6 Å². The molecule has 0 bridgehead atoms. The van der Waals surface area contributed by atoms with E-state index in [4.69, 9.17) is 14.6 Å². The predicted octanol–water partition coefficient (Wildman–Crippen LogP) is 2.18. The van der Waals surface area contributed by atoms with Gasteiger partial charge in [-0.25, -0.2) is 9.59 Å². The number of nitrogens with zero attached hydrogens (tertiary/aromatic N) is 1. The summed E-state index contributed by atoms with van der Waals surface area (Å²) < 4.78 is 9.91. The third-order valence-corrected chi connectivity index (χ3v) is 3.32. The highest BCUT2D eigenvalue weighted by Gasteiger charge is 2.37. The van der Waals surface area contributed by atoms with Crippen molar-refractivity contribution in [2.45, 2.75) is 65.3 Å². The van der Waals surface area contributed by atoms with Gasteiger partial charge in [-0.3, -0.25) is 4.79 Å². The summed E-state index contributed by atoms with van der Waals surface area (Å²) in [4.78, 5) is 36.7. The van der Waals surface area contributed by atoms with Gasteiger partial charge in [-0.1, -0.05) is 13.8 Å². The first-order valence-electron chi connectivity index (χ1n) is 7.71. The van der Waals surface area contributed by atoms with Crippen LogP contribution in [-0.2, 0) is 14.3 Å². The van der Waals surface area contributed by atoms with Gasteiger partial charge in [-0.05, 0) is 33.1 Å². The van der Waals surface area contributed by atoms with Gasteiger partial charge in [0.05, 0.1) is 0 Å². The van der Waals surface area contributed by atoms with Gasteiger partial charge in [0.1, 0.15) is 11.6 Å². The third-order valence-electron chi connectivity index (χ3n) is 3.32. The number of rotatable bonds is 4. The van der Waals surface area contributed by atoms with Crippen LogP contribution in [0.15, 0.2) is 0 Å². The van der Waals surface area contributed by atoms with Crippen molar-refractivity contribution in [1.82, 2.24) is 10.2 Å². The van der Waals surface area contributed by atoms with Crippen molar-refractivity contribution in [2.24, 2.45) is 5.92 Å². The van der Waals surface area contributed by atoms with Crippen molar-refractivity contribution in [3.8, 4) is 0 Å². The molecule has 132 valence electrons. The SMILES string of the molecule is CC(C)C(NC(=O)OC(C)(C)C)C(=O)N1CCCC1OC(=O)O. The minimum Gasteiger partial charge on any atom is -0.450 e. The summed E-state index contributed by atoms with van der Waals surface area (Å²) in [5, 5.41) is 11.3. The van der Waals surface area contributed by atoms with E-state index in [1.54, 1.807) is 34.6 Å². The van der Waals surface area contributed by atoms with Gasteiger partial charge in [0.2, 0.25) is 5.91 Å². The molecule has 2 unspecified atom stereocenters. The minimum atomic E-state index is -1.42. The van der Waals surface area contributed by atoms with E-state index in [1.165, 1.54) is 4.90 Å². The quantitative estimate of drug-likeness (QED) is 0.765. The Morgan fingerprint density at radius 1 is 1.26 bits per heavy atom. The molecule has 1 heterocycles. The fourth-order valence-electron chi connectivity index (χ4n) is 2.35. The lowest BCUT2D eigenvalue weighted by Gasteiger charge is -2.30. The van der Waals surface area contributed by atoms with Gasteiger partial charge in [0.25, 0.3) is 0 Å². The summed E-state index contributed by atoms with van der Waals surface area (Å²) in [5.41, 5.74) is -0.669. The number of amides is 2. The number of alkyl carbamates (subject to hydrolysis) is 1. The Morgan fingerprint density at radius 3 is 2.35 bits per heavy atom. The average molecular weight is 330 g/mol.